The second-order valence-electron chi connectivity index (χ2n) is 6.45. The van der Waals surface area contributed by atoms with Gasteiger partial charge >= 0.3 is 0 Å². The monoisotopic (exact) mass is 251 g/mol. The van der Waals surface area contributed by atoms with Crippen LogP contribution in [-0.4, -0.2) is 42.0 Å². The highest BCUT2D eigenvalue weighted by molar-refractivity contribution is 5.78. The predicted octanol–water partition coefficient (Wildman–Crippen LogP) is 2.39. The first-order valence-corrected chi connectivity index (χ1v) is 7.57. The van der Waals surface area contributed by atoms with Crippen LogP contribution in [0.4, 0.5) is 0 Å². The number of hydrogen-bond donors (Lipinski definition) is 0. The van der Waals surface area contributed by atoms with Gasteiger partial charge in [-0.15, -0.1) is 0 Å². The Morgan fingerprint density at radius 1 is 1.22 bits per heavy atom. The van der Waals surface area contributed by atoms with Gasteiger partial charge < -0.3 is 9.64 Å². The van der Waals surface area contributed by atoms with Crippen molar-refractivity contribution in [3.05, 3.63) is 0 Å². The molecule has 3 heteroatoms. The lowest BCUT2D eigenvalue weighted by atomic mass is 9.73. The van der Waals surface area contributed by atoms with Crippen LogP contribution in [0.1, 0.15) is 51.9 Å². The molecule has 18 heavy (non-hydrogen) atoms. The van der Waals surface area contributed by atoms with Gasteiger partial charge in [-0.2, -0.15) is 0 Å². The third-order valence-electron chi connectivity index (χ3n) is 5.35. The Morgan fingerprint density at radius 3 is 2.50 bits per heavy atom. The summed E-state index contributed by atoms with van der Waals surface area (Å²) in [6.07, 6.45) is 8.45. The standard InChI is InChI=1S/C15H25NO2/c1-12(17)13-3-8-16(9-4-13)14-5-10-18-15(11-14)6-2-7-15/h13-14H,2-11H2,1H3. The molecular formula is C15H25NO2. The second-order valence-corrected chi connectivity index (χ2v) is 6.45. The number of carbonyl (C=O) groups is 1. The van der Waals surface area contributed by atoms with Gasteiger partial charge in [0.05, 0.1) is 5.60 Å². The minimum atomic E-state index is 0.250. The summed E-state index contributed by atoms with van der Waals surface area (Å²) in [5, 5.41) is 0. The molecule has 2 aliphatic heterocycles. The summed E-state index contributed by atoms with van der Waals surface area (Å²) in [5.41, 5.74) is 0.250. The summed E-state index contributed by atoms with van der Waals surface area (Å²) >= 11 is 0. The van der Waals surface area contributed by atoms with Crippen LogP contribution in [-0.2, 0) is 9.53 Å². The van der Waals surface area contributed by atoms with Gasteiger partial charge in [0.25, 0.3) is 0 Å². The Bertz CT molecular complexity index is 316. The highest BCUT2D eigenvalue weighted by Crippen LogP contribution is 2.43. The lowest BCUT2D eigenvalue weighted by molar-refractivity contribution is -0.151. The highest BCUT2D eigenvalue weighted by atomic mass is 16.5. The number of likely N-dealkylation sites (tertiary alicyclic amines) is 1. The molecule has 0 aromatic rings. The summed E-state index contributed by atoms with van der Waals surface area (Å²) in [7, 11) is 0. The van der Waals surface area contributed by atoms with Crippen LogP contribution in [0.3, 0.4) is 0 Å². The first kappa shape index (κ1) is 12.6. The Labute approximate surface area is 110 Å². The minimum absolute atomic E-state index is 0.250. The van der Waals surface area contributed by atoms with E-state index in [1.165, 1.54) is 32.1 Å². The second kappa shape index (κ2) is 4.93. The van der Waals surface area contributed by atoms with Crippen LogP contribution in [0, 0.1) is 5.92 Å². The Hall–Kier alpha value is -0.410. The number of Topliss-reactive ketones (excluding diaryl/α,β-unsaturated/α-hetero) is 1. The quantitative estimate of drug-likeness (QED) is 0.754. The molecule has 3 fully saturated rings. The molecule has 0 aromatic carbocycles. The highest BCUT2D eigenvalue weighted by Gasteiger charge is 2.44. The maximum absolute atomic E-state index is 11.4. The predicted molar refractivity (Wildman–Crippen MR) is 70.5 cm³/mol. The maximum atomic E-state index is 11.4. The third-order valence-corrected chi connectivity index (χ3v) is 5.35. The zero-order valence-corrected chi connectivity index (χ0v) is 11.5. The molecule has 3 nitrogen and oxygen atoms in total. The molecule has 1 spiro atoms. The van der Waals surface area contributed by atoms with Gasteiger partial charge in [0.2, 0.25) is 0 Å². The van der Waals surface area contributed by atoms with Gasteiger partial charge in [-0.1, -0.05) is 0 Å². The fourth-order valence-electron chi connectivity index (χ4n) is 3.90. The summed E-state index contributed by atoms with van der Waals surface area (Å²) in [6.45, 7) is 4.92. The molecule has 3 rings (SSSR count). The molecule has 3 aliphatic rings. The molecule has 2 saturated heterocycles. The van der Waals surface area contributed by atoms with Gasteiger partial charge in [-0.3, -0.25) is 4.79 Å². The average Bonchev–Trinajstić information content (AvgIpc) is 2.37. The van der Waals surface area contributed by atoms with E-state index < -0.39 is 0 Å². The van der Waals surface area contributed by atoms with E-state index in [4.69, 9.17) is 4.74 Å². The lowest BCUT2D eigenvalue weighted by Gasteiger charge is -2.50. The molecule has 0 N–H and O–H groups in total. The van der Waals surface area contributed by atoms with E-state index in [0.29, 0.717) is 17.7 Å². The molecule has 1 atom stereocenters. The molecular weight excluding hydrogens is 226 g/mol. The van der Waals surface area contributed by atoms with Crippen LogP contribution in [0.5, 0.6) is 0 Å². The topological polar surface area (TPSA) is 29.5 Å². The molecule has 2 heterocycles. The van der Waals surface area contributed by atoms with Crippen molar-refractivity contribution in [3.63, 3.8) is 0 Å². The van der Waals surface area contributed by atoms with E-state index in [0.717, 1.165) is 32.5 Å². The number of hydrogen-bond acceptors (Lipinski definition) is 3. The lowest BCUT2D eigenvalue weighted by Crippen LogP contribution is -2.53. The maximum Gasteiger partial charge on any atom is 0.133 e. The molecule has 0 radical (unpaired) electrons. The summed E-state index contributed by atoms with van der Waals surface area (Å²) in [6, 6.07) is 0.715. The van der Waals surface area contributed by atoms with Gasteiger partial charge in [0.1, 0.15) is 5.78 Å². The fraction of sp³-hybridized carbons (Fsp3) is 0.933. The molecule has 102 valence electrons. The number of ketones is 1. The summed E-state index contributed by atoms with van der Waals surface area (Å²) < 4.78 is 6.00. The number of piperidine rings is 1. The smallest absolute Gasteiger partial charge is 0.133 e. The van der Waals surface area contributed by atoms with Crippen LogP contribution >= 0.6 is 0 Å². The number of carbonyl (C=O) groups excluding carboxylic acids is 1. The van der Waals surface area contributed by atoms with Crippen LogP contribution in [0.2, 0.25) is 0 Å². The van der Waals surface area contributed by atoms with Crippen molar-refractivity contribution in [1.29, 1.82) is 0 Å². The number of ether oxygens (including phenoxy) is 1. The van der Waals surface area contributed by atoms with Gasteiger partial charge in [0.15, 0.2) is 0 Å². The van der Waals surface area contributed by atoms with Crippen LogP contribution in [0.25, 0.3) is 0 Å². The van der Waals surface area contributed by atoms with E-state index in [2.05, 4.69) is 4.90 Å². The molecule has 1 aliphatic carbocycles. The fourth-order valence-corrected chi connectivity index (χ4v) is 3.90. The Balaban J connectivity index is 1.54. The summed E-state index contributed by atoms with van der Waals surface area (Å²) in [5.74, 6) is 0.718. The van der Waals surface area contributed by atoms with E-state index in [9.17, 15) is 4.79 Å². The van der Waals surface area contributed by atoms with Gasteiger partial charge in [0, 0.05) is 18.6 Å². The number of rotatable bonds is 2. The molecule has 0 amide bonds. The van der Waals surface area contributed by atoms with E-state index in [1.807, 2.05) is 0 Å². The molecule has 1 unspecified atom stereocenters. The minimum Gasteiger partial charge on any atom is -0.375 e. The zero-order valence-electron chi connectivity index (χ0n) is 11.5. The third kappa shape index (κ3) is 2.35. The first-order valence-electron chi connectivity index (χ1n) is 7.57. The zero-order chi connectivity index (χ0) is 12.6. The van der Waals surface area contributed by atoms with Crippen molar-refractivity contribution in [2.45, 2.75) is 63.5 Å². The molecule has 0 aromatic heterocycles. The number of nitrogens with zero attached hydrogens (tertiary/aromatic N) is 1. The normalized spacial score (nSPS) is 33.3. The van der Waals surface area contributed by atoms with Crippen LogP contribution in [0.15, 0.2) is 0 Å². The average molecular weight is 251 g/mol. The van der Waals surface area contributed by atoms with Crippen molar-refractivity contribution in [1.82, 2.24) is 4.90 Å². The molecule has 1 saturated carbocycles. The van der Waals surface area contributed by atoms with E-state index in [-0.39, 0.29) is 5.60 Å². The van der Waals surface area contributed by atoms with Crippen molar-refractivity contribution in [2.75, 3.05) is 19.7 Å². The van der Waals surface area contributed by atoms with E-state index >= 15 is 0 Å². The van der Waals surface area contributed by atoms with Crippen molar-refractivity contribution < 1.29 is 9.53 Å². The largest absolute Gasteiger partial charge is 0.375 e. The van der Waals surface area contributed by atoms with Crippen molar-refractivity contribution in [3.8, 4) is 0 Å². The van der Waals surface area contributed by atoms with Crippen LogP contribution < -0.4 is 0 Å². The first-order chi connectivity index (χ1) is 8.69. The SMILES string of the molecule is CC(=O)C1CCN(C2CCOC3(CCC3)C2)CC1. The van der Waals surface area contributed by atoms with Crippen molar-refractivity contribution >= 4 is 5.78 Å². The Kier molecular flexibility index (Phi) is 3.46. The van der Waals surface area contributed by atoms with Gasteiger partial charge in [-0.05, 0) is 65.0 Å². The van der Waals surface area contributed by atoms with Gasteiger partial charge in [-0.25, -0.2) is 0 Å². The van der Waals surface area contributed by atoms with Crippen molar-refractivity contribution in [2.24, 2.45) is 5.92 Å². The van der Waals surface area contributed by atoms with E-state index in [1.54, 1.807) is 6.92 Å². The molecule has 0 bridgehead atoms. The summed E-state index contributed by atoms with van der Waals surface area (Å²) in [4.78, 5) is 14.0. The Morgan fingerprint density at radius 2 is 1.94 bits per heavy atom.